The van der Waals surface area contributed by atoms with E-state index in [1.54, 1.807) is 0 Å². The average molecular weight is 247 g/mol. The van der Waals surface area contributed by atoms with Gasteiger partial charge in [0.25, 0.3) is 0 Å². The Bertz CT molecular complexity index is 303. The number of nitrogens with one attached hydrogen (secondary N) is 1. The number of allylic oxidation sites excluding steroid dienone is 2. The average Bonchev–Trinajstić information content (AvgIpc) is 2.10. The van der Waals surface area contributed by atoms with E-state index >= 15 is 0 Å². The van der Waals surface area contributed by atoms with E-state index in [4.69, 9.17) is 0 Å². The molecule has 1 unspecified atom stereocenters. The summed E-state index contributed by atoms with van der Waals surface area (Å²) in [4.78, 5) is 0. The van der Waals surface area contributed by atoms with Gasteiger partial charge in [0.05, 0.1) is 5.75 Å². The summed E-state index contributed by atoms with van der Waals surface area (Å²) >= 11 is 0. The van der Waals surface area contributed by atoms with Crippen LogP contribution in [0.5, 0.6) is 0 Å². The Kier molecular flexibility index (Phi) is 7.68. The summed E-state index contributed by atoms with van der Waals surface area (Å²) in [5, 5.41) is 3.34. The van der Waals surface area contributed by atoms with Gasteiger partial charge >= 0.3 is 0 Å². The predicted molar refractivity (Wildman–Crippen MR) is 70.5 cm³/mol. The van der Waals surface area contributed by atoms with Crippen LogP contribution in [0.15, 0.2) is 11.6 Å². The molecule has 16 heavy (non-hydrogen) atoms. The van der Waals surface area contributed by atoms with Crippen molar-refractivity contribution in [3.05, 3.63) is 11.6 Å². The van der Waals surface area contributed by atoms with Gasteiger partial charge in [-0.1, -0.05) is 11.6 Å². The number of hydrogen-bond acceptors (Lipinski definition) is 3. The van der Waals surface area contributed by atoms with Crippen LogP contribution in [0, 0.1) is 0 Å². The monoisotopic (exact) mass is 247 g/mol. The molecule has 0 saturated carbocycles. The van der Waals surface area contributed by atoms with Crippen molar-refractivity contribution in [2.45, 2.75) is 46.1 Å². The first-order valence-electron chi connectivity index (χ1n) is 5.86. The lowest BCUT2D eigenvalue weighted by molar-refractivity contribution is 0.515. The van der Waals surface area contributed by atoms with Crippen molar-refractivity contribution < 1.29 is 8.42 Å². The van der Waals surface area contributed by atoms with Crippen molar-refractivity contribution in [1.82, 2.24) is 5.32 Å². The molecule has 0 aliphatic carbocycles. The van der Waals surface area contributed by atoms with Gasteiger partial charge < -0.3 is 5.32 Å². The minimum atomic E-state index is -2.80. The number of hydrogen-bond donors (Lipinski definition) is 1. The van der Waals surface area contributed by atoms with Crippen molar-refractivity contribution in [1.29, 1.82) is 0 Å². The topological polar surface area (TPSA) is 46.2 Å². The summed E-state index contributed by atoms with van der Waals surface area (Å²) in [5.74, 6) is 0.278. The summed E-state index contributed by atoms with van der Waals surface area (Å²) in [6.45, 7) is 7.12. The Morgan fingerprint density at radius 1 is 1.38 bits per heavy atom. The van der Waals surface area contributed by atoms with Crippen molar-refractivity contribution in [2.24, 2.45) is 0 Å². The minimum absolute atomic E-state index is 0.278. The maximum absolute atomic E-state index is 10.9. The van der Waals surface area contributed by atoms with E-state index in [-0.39, 0.29) is 5.75 Å². The van der Waals surface area contributed by atoms with E-state index in [1.165, 1.54) is 11.8 Å². The van der Waals surface area contributed by atoms with E-state index < -0.39 is 9.84 Å². The number of sulfone groups is 1. The zero-order chi connectivity index (χ0) is 12.6. The molecule has 0 saturated heterocycles. The smallest absolute Gasteiger partial charge is 0.147 e. The minimum Gasteiger partial charge on any atom is -0.314 e. The van der Waals surface area contributed by atoms with Gasteiger partial charge in [-0.25, -0.2) is 8.42 Å². The van der Waals surface area contributed by atoms with Crippen LogP contribution in [0.2, 0.25) is 0 Å². The molecule has 96 valence electrons. The van der Waals surface area contributed by atoms with Gasteiger partial charge in [0.1, 0.15) is 9.84 Å². The lowest BCUT2D eigenvalue weighted by Gasteiger charge is -2.12. The summed E-state index contributed by atoms with van der Waals surface area (Å²) < 4.78 is 21.8. The first kappa shape index (κ1) is 15.7. The third-order valence-electron chi connectivity index (χ3n) is 2.34. The van der Waals surface area contributed by atoms with Crippen LogP contribution >= 0.6 is 0 Å². The second-order valence-corrected chi connectivity index (χ2v) is 6.96. The first-order chi connectivity index (χ1) is 7.31. The van der Waals surface area contributed by atoms with Crippen molar-refractivity contribution in [3.63, 3.8) is 0 Å². The Hall–Kier alpha value is -0.350. The zero-order valence-corrected chi connectivity index (χ0v) is 11.7. The van der Waals surface area contributed by atoms with E-state index in [2.05, 4.69) is 32.2 Å². The molecule has 0 aliphatic rings. The van der Waals surface area contributed by atoms with E-state index in [0.717, 1.165) is 19.4 Å². The molecular weight excluding hydrogens is 222 g/mol. The molecule has 0 aromatic rings. The van der Waals surface area contributed by atoms with Crippen LogP contribution in [0.1, 0.15) is 40.0 Å². The van der Waals surface area contributed by atoms with Crippen LogP contribution in [0.4, 0.5) is 0 Å². The molecule has 1 atom stereocenters. The summed E-state index contributed by atoms with van der Waals surface area (Å²) in [6, 6.07) is 0.454. The Morgan fingerprint density at radius 2 is 2.00 bits per heavy atom. The van der Waals surface area contributed by atoms with Crippen LogP contribution in [0.25, 0.3) is 0 Å². The second-order valence-electron chi connectivity index (χ2n) is 4.70. The summed E-state index contributed by atoms with van der Waals surface area (Å²) in [6.07, 6.45) is 6.40. The fourth-order valence-corrected chi connectivity index (χ4v) is 2.08. The van der Waals surface area contributed by atoms with Crippen molar-refractivity contribution >= 4 is 9.84 Å². The molecule has 0 amide bonds. The van der Waals surface area contributed by atoms with Crippen LogP contribution < -0.4 is 5.32 Å². The maximum atomic E-state index is 10.9. The van der Waals surface area contributed by atoms with Gasteiger partial charge in [-0.15, -0.1) is 0 Å². The van der Waals surface area contributed by atoms with E-state index in [1.807, 2.05) is 0 Å². The van der Waals surface area contributed by atoms with Crippen molar-refractivity contribution in [3.8, 4) is 0 Å². The summed E-state index contributed by atoms with van der Waals surface area (Å²) in [5.41, 5.74) is 1.35. The molecule has 0 spiro atoms. The molecule has 0 radical (unpaired) electrons. The van der Waals surface area contributed by atoms with Crippen LogP contribution in [0.3, 0.4) is 0 Å². The fourth-order valence-electron chi connectivity index (χ4n) is 1.41. The zero-order valence-electron chi connectivity index (χ0n) is 10.9. The second kappa shape index (κ2) is 7.85. The molecule has 0 rings (SSSR count). The molecule has 0 fully saturated rings. The standard InChI is InChI=1S/C12H25NO2S/c1-11(2)7-5-8-12(3)13-9-6-10-16(4,14)15/h7,12-13H,5-6,8-10H2,1-4H3. The SMILES string of the molecule is CC(C)=CCCC(C)NCCCS(C)(=O)=O. The van der Waals surface area contributed by atoms with E-state index in [9.17, 15) is 8.42 Å². The predicted octanol–water partition coefficient (Wildman–Crippen LogP) is 2.15. The molecular formula is C12H25NO2S. The van der Waals surface area contributed by atoms with Gasteiger partial charge in [0, 0.05) is 12.3 Å². The number of rotatable bonds is 8. The van der Waals surface area contributed by atoms with Gasteiger partial charge in [-0.05, 0) is 46.6 Å². The quantitative estimate of drug-likeness (QED) is 0.528. The largest absolute Gasteiger partial charge is 0.314 e. The highest BCUT2D eigenvalue weighted by molar-refractivity contribution is 7.90. The Morgan fingerprint density at radius 3 is 2.50 bits per heavy atom. The first-order valence-corrected chi connectivity index (χ1v) is 7.92. The normalized spacial score (nSPS) is 13.5. The molecule has 0 bridgehead atoms. The maximum Gasteiger partial charge on any atom is 0.147 e. The highest BCUT2D eigenvalue weighted by Crippen LogP contribution is 2.01. The molecule has 4 heteroatoms. The van der Waals surface area contributed by atoms with Crippen LogP contribution in [-0.4, -0.2) is 33.0 Å². The van der Waals surface area contributed by atoms with Crippen molar-refractivity contribution in [2.75, 3.05) is 18.6 Å². The third kappa shape index (κ3) is 11.7. The Labute approximate surface area is 100 Å². The molecule has 3 nitrogen and oxygen atoms in total. The molecule has 1 N–H and O–H groups in total. The van der Waals surface area contributed by atoms with Gasteiger partial charge in [0.15, 0.2) is 0 Å². The highest BCUT2D eigenvalue weighted by atomic mass is 32.2. The summed E-state index contributed by atoms with van der Waals surface area (Å²) in [7, 11) is -2.80. The third-order valence-corrected chi connectivity index (χ3v) is 3.37. The Balaban J connectivity index is 3.51. The molecule has 0 aromatic carbocycles. The molecule has 0 aromatic heterocycles. The molecule has 0 aliphatic heterocycles. The van der Waals surface area contributed by atoms with Gasteiger partial charge in [-0.3, -0.25) is 0 Å². The van der Waals surface area contributed by atoms with Gasteiger partial charge in [0.2, 0.25) is 0 Å². The highest BCUT2D eigenvalue weighted by Gasteiger charge is 2.03. The molecule has 0 heterocycles. The lowest BCUT2D eigenvalue weighted by atomic mass is 10.1. The fraction of sp³-hybridized carbons (Fsp3) is 0.833. The lowest BCUT2D eigenvalue weighted by Crippen LogP contribution is -2.27. The van der Waals surface area contributed by atoms with E-state index in [0.29, 0.717) is 12.5 Å². The van der Waals surface area contributed by atoms with Crippen LogP contribution in [-0.2, 0) is 9.84 Å². The van der Waals surface area contributed by atoms with Gasteiger partial charge in [-0.2, -0.15) is 0 Å².